The quantitative estimate of drug-likeness (QED) is 0.518. The van der Waals surface area contributed by atoms with Crippen LogP contribution >= 0.6 is 0 Å². The molecule has 0 unspecified atom stereocenters. The van der Waals surface area contributed by atoms with Crippen molar-refractivity contribution in [3.8, 4) is 5.75 Å². The fourth-order valence-corrected chi connectivity index (χ4v) is 4.98. The zero-order chi connectivity index (χ0) is 26.0. The second-order valence-corrected chi connectivity index (χ2v) is 9.33. The van der Waals surface area contributed by atoms with Crippen LogP contribution in [0.2, 0.25) is 0 Å². The predicted octanol–water partition coefficient (Wildman–Crippen LogP) is 2.31. The van der Waals surface area contributed by atoms with Gasteiger partial charge in [0.05, 0.1) is 18.4 Å². The lowest BCUT2D eigenvalue weighted by Gasteiger charge is -2.29. The molecule has 2 heterocycles. The second-order valence-electron chi connectivity index (χ2n) is 9.33. The van der Waals surface area contributed by atoms with E-state index in [1.54, 1.807) is 24.3 Å². The van der Waals surface area contributed by atoms with Gasteiger partial charge in [-0.3, -0.25) is 19.3 Å². The summed E-state index contributed by atoms with van der Waals surface area (Å²) in [6, 6.07) is 9.52. The average molecular weight is 494 g/mol. The molecule has 0 aromatic heterocycles. The summed E-state index contributed by atoms with van der Waals surface area (Å²) in [6.07, 6.45) is 1.70. The number of hydrogen-bond acceptors (Lipinski definition) is 5. The summed E-state index contributed by atoms with van der Waals surface area (Å²) in [5.41, 5.74) is 2.66. The molecule has 4 atom stereocenters. The van der Waals surface area contributed by atoms with Crippen molar-refractivity contribution in [2.45, 2.75) is 57.7 Å². The Morgan fingerprint density at radius 2 is 1.86 bits per heavy atom. The largest absolute Gasteiger partial charge is 0.496 e. The molecule has 2 aliphatic rings. The third-order valence-electron chi connectivity index (χ3n) is 7.14. The maximum atomic E-state index is 13.6. The topological polar surface area (TPSA) is 125 Å². The van der Waals surface area contributed by atoms with Gasteiger partial charge < -0.3 is 20.5 Å². The monoisotopic (exact) mass is 493 g/mol. The molecule has 9 nitrogen and oxygen atoms in total. The van der Waals surface area contributed by atoms with Crippen LogP contribution in [0.5, 0.6) is 5.75 Å². The number of aryl methyl sites for hydroxylation is 1. The van der Waals surface area contributed by atoms with E-state index < -0.39 is 41.8 Å². The molecule has 36 heavy (non-hydrogen) atoms. The number of methoxy groups -OCH3 is 1. The van der Waals surface area contributed by atoms with Gasteiger partial charge in [-0.1, -0.05) is 50.6 Å². The van der Waals surface area contributed by atoms with Gasteiger partial charge in [0.15, 0.2) is 0 Å². The van der Waals surface area contributed by atoms with Gasteiger partial charge in [-0.2, -0.15) is 0 Å². The number of hydrogen-bond donors (Lipinski definition) is 3. The van der Waals surface area contributed by atoms with E-state index in [0.29, 0.717) is 36.3 Å². The molecule has 0 bridgehead atoms. The molecule has 9 heteroatoms. The van der Waals surface area contributed by atoms with Gasteiger partial charge in [-0.15, -0.1) is 0 Å². The SMILES string of the molecule is CC[C@H](C)[C@H](NC(=O)c1ccccc1OC)C(=O)N[C@H]1CCc2cccc3c2N(C1=O)[C@H](C(=O)O)C3. The van der Waals surface area contributed by atoms with E-state index in [-0.39, 0.29) is 12.3 Å². The van der Waals surface area contributed by atoms with Crippen molar-refractivity contribution in [2.75, 3.05) is 12.0 Å². The molecule has 3 N–H and O–H groups in total. The molecule has 0 aliphatic carbocycles. The van der Waals surface area contributed by atoms with Crippen LogP contribution < -0.4 is 20.3 Å². The van der Waals surface area contributed by atoms with E-state index in [2.05, 4.69) is 10.6 Å². The molecule has 2 aromatic carbocycles. The fraction of sp³-hybridized carbons (Fsp3) is 0.407. The summed E-state index contributed by atoms with van der Waals surface area (Å²) in [4.78, 5) is 53.3. The average Bonchev–Trinajstić information content (AvgIpc) is 3.23. The molecule has 0 saturated carbocycles. The minimum absolute atomic E-state index is 0.216. The van der Waals surface area contributed by atoms with Gasteiger partial charge in [0.2, 0.25) is 11.8 Å². The zero-order valence-corrected chi connectivity index (χ0v) is 20.6. The second kappa shape index (κ2) is 10.4. The highest BCUT2D eigenvalue weighted by molar-refractivity contribution is 6.07. The first-order chi connectivity index (χ1) is 17.3. The predicted molar refractivity (Wildman–Crippen MR) is 133 cm³/mol. The summed E-state index contributed by atoms with van der Waals surface area (Å²) in [5, 5.41) is 15.4. The molecule has 2 aromatic rings. The van der Waals surface area contributed by atoms with Gasteiger partial charge in [-0.25, -0.2) is 4.79 Å². The Balaban J connectivity index is 1.56. The fourth-order valence-electron chi connectivity index (χ4n) is 4.98. The van der Waals surface area contributed by atoms with Crippen LogP contribution in [0.1, 0.15) is 48.2 Å². The van der Waals surface area contributed by atoms with Crippen molar-refractivity contribution in [3.63, 3.8) is 0 Å². The minimum Gasteiger partial charge on any atom is -0.496 e. The van der Waals surface area contributed by atoms with Crippen LogP contribution in [0.3, 0.4) is 0 Å². The highest BCUT2D eigenvalue weighted by Gasteiger charge is 2.44. The zero-order valence-electron chi connectivity index (χ0n) is 20.6. The highest BCUT2D eigenvalue weighted by Crippen LogP contribution is 2.39. The number of anilines is 1. The van der Waals surface area contributed by atoms with Gasteiger partial charge in [0.1, 0.15) is 23.9 Å². The highest BCUT2D eigenvalue weighted by atomic mass is 16.5. The summed E-state index contributed by atoms with van der Waals surface area (Å²) in [5.74, 6) is -2.30. The van der Waals surface area contributed by atoms with Crippen LogP contribution in [-0.4, -0.2) is 54.0 Å². The van der Waals surface area contributed by atoms with E-state index in [9.17, 15) is 24.3 Å². The smallest absolute Gasteiger partial charge is 0.327 e. The number of carbonyl (C=O) groups excluding carboxylic acids is 3. The van der Waals surface area contributed by atoms with Crippen molar-refractivity contribution >= 4 is 29.4 Å². The normalized spacial score (nSPS) is 20.1. The molecular formula is C27H31N3O6. The molecule has 4 rings (SSSR count). The van der Waals surface area contributed by atoms with Crippen LogP contribution in [0.15, 0.2) is 42.5 Å². The molecular weight excluding hydrogens is 462 g/mol. The minimum atomic E-state index is -1.08. The Morgan fingerprint density at radius 3 is 2.56 bits per heavy atom. The van der Waals surface area contributed by atoms with Crippen LogP contribution in [0.25, 0.3) is 0 Å². The molecule has 190 valence electrons. The first-order valence-corrected chi connectivity index (χ1v) is 12.2. The summed E-state index contributed by atoms with van der Waals surface area (Å²) < 4.78 is 5.27. The number of ether oxygens (including phenoxy) is 1. The molecule has 3 amide bonds. The molecule has 0 fully saturated rings. The molecule has 0 saturated heterocycles. The third kappa shape index (κ3) is 4.65. The Kier molecular flexibility index (Phi) is 7.28. The van der Waals surface area contributed by atoms with Gasteiger partial charge >= 0.3 is 5.97 Å². The lowest BCUT2D eigenvalue weighted by Crippen LogP contribution is -2.57. The molecule has 0 spiro atoms. The van der Waals surface area contributed by atoms with Crippen molar-refractivity contribution in [1.29, 1.82) is 0 Å². The first-order valence-electron chi connectivity index (χ1n) is 12.2. The van der Waals surface area contributed by atoms with Crippen molar-refractivity contribution in [3.05, 3.63) is 59.2 Å². The number of carboxylic acid groups (broad SMARTS) is 1. The number of aliphatic carboxylic acids is 1. The number of carboxylic acids is 1. The van der Waals surface area contributed by atoms with Gasteiger partial charge in [-0.05, 0) is 42.0 Å². The summed E-state index contributed by atoms with van der Waals surface area (Å²) in [7, 11) is 1.47. The van der Waals surface area contributed by atoms with Crippen LogP contribution in [-0.2, 0) is 27.2 Å². The number of amides is 3. The van der Waals surface area contributed by atoms with E-state index in [0.717, 1.165) is 11.1 Å². The van der Waals surface area contributed by atoms with Crippen LogP contribution in [0, 0.1) is 5.92 Å². The lowest BCUT2D eigenvalue weighted by atomic mass is 9.96. The number of para-hydroxylation sites is 2. The first kappa shape index (κ1) is 25.2. The van der Waals surface area contributed by atoms with Gasteiger partial charge in [0, 0.05) is 6.42 Å². The van der Waals surface area contributed by atoms with Crippen molar-refractivity contribution < 1.29 is 29.0 Å². The maximum Gasteiger partial charge on any atom is 0.327 e. The Bertz CT molecular complexity index is 1200. The number of nitrogens with one attached hydrogen (secondary N) is 2. The lowest BCUT2D eigenvalue weighted by molar-refractivity contribution is -0.140. The number of carbonyl (C=O) groups is 4. The Morgan fingerprint density at radius 1 is 1.14 bits per heavy atom. The van der Waals surface area contributed by atoms with Crippen molar-refractivity contribution in [2.24, 2.45) is 5.92 Å². The summed E-state index contributed by atoms with van der Waals surface area (Å²) >= 11 is 0. The summed E-state index contributed by atoms with van der Waals surface area (Å²) in [6.45, 7) is 3.77. The third-order valence-corrected chi connectivity index (χ3v) is 7.14. The molecule has 0 radical (unpaired) electrons. The number of rotatable bonds is 8. The maximum absolute atomic E-state index is 13.6. The number of benzene rings is 2. The van der Waals surface area contributed by atoms with E-state index in [4.69, 9.17) is 4.74 Å². The number of nitrogens with zero attached hydrogens (tertiary/aromatic N) is 1. The Hall–Kier alpha value is -3.88. The molecule has 2 aliphatic heterocycles. The van der Waals surface area contributed by atoms with Crippen LogP contribution in [0.4, 0.5) is 5.69 Å². The van der Waals surface area contributed by atoms with Gasteiger partial charge in [0.25, 0.3) is 5.91 Å². The van der Waals surface area contributed by atoms with Crippen molar-refractivity contribution in [1.82, 2.24) is 10.6 Å². The van der Waals surface area contributed by atoms with E-state index >= 15 is 0 Å². The van der Waals surface area contributed by atoms with E-state index in [1.807, 2.05) is 32.0 Å². The standard InChI is InChI=1S/C27H31N3O6/c1-4-15(2)22(29-24(31)18-10-5-6-11-21(18)36-3)25(32)28-19-13-12-16-8-7-9-17-14-20(27(34)35)30(23(16)17)26(19)33/h5-11,15,19-20,22H,4,12-14H2,1-3H3,(H,28,32)(H,29,31)(H,34,35)/t15-,19-,20-,22-/m0/s1. The van der Waals surface area contributed by atoms with E-state index in [1.165, 1.54) is 12.0 Å². The Labute approximate surface area is 209 Å².